The summed E-state index contributed by atoms with van der Waals surface area (Å²) in [6.07, 6.45) is 0. The van der Waals surface area contributed by atoms with Gasteiger partial charge in [0.2, 0.25) is 0 Å². The quantitative estimate of drug-likeness (QED) is 0.472. The lowest BCUT2D eigenvalue weighted by Gasteiger charge is -2.15. The highest BCUT2D eigenvalue weighted by atomic mass is 35.5. The molecule has 0 saturated carbocycles. The maximum atomic E-state index is 9.11. The number of benzene rings is 1. The summed E-state index contributed by atoms with van der Waals surface area (Å²) in [5, 5.41) is 13.3. The fourth-order valence-corrected chi connectivity index (χ4v) is 2.70. The molecule has 0 unspecified atom stereocenters. The second-order valence-corrected chi connectivity index (χ2v) is 6.18. The van der Waals surface area contributed by atoms with Gasteiger partial charge >= 0.3 is 0 Å². The number of aromatic nitrogens is 2. The van der Waals surface area contributed by atoms with Gasteiger partial charge in [-0.15, -0.1) is 0 Å². The molecule has 8 heteroatoms. The average Bonchev–Trinajstić information content (AvgIpc) is 2.50. The van der Waals surface area contributed by atoms with Crippen LogP contribution in [-0.2, 0) is 5.75 Å². The number of hydrogen-bond donors (Lipinski definition) is 4. The SMILES string of the molecule is C[C@H](CO)Nc1nc(SCc2cccc(Cl)c2)nc(N)c1N. The van der Waals surface area contributed by atoms with Gasteiger partial charge in [-0.2, -0.15) is 0 Å². The maximum absolute atomic E-state index is 9.11. The van der Waals surface area contributed by atoms with Crippen LogP contribution in [-0.4, -0.2) is 27.7 Å². The molecule has 1 aromatic carbocycles. The van der Waals surface area contributed by atoms with E-state index in [2.05, 4.69) is 15.3 Å². The Morgan fingerprint density at radius 1 is 1.36 bits per heavy atom. The Hall–Kier alpha value is -1.70. The molecular weight excluding hydrogens is 322 g/mol. The Balaban J connectivity index is 2.14. The van der Waals surface area contributed by atoms with Gasteiger partial charge in [0, 0.05) is 16.8 Å². The molecule has 22 heavy (non-hydrogen) atoms. The van der Waals surface area contributed by atoms with E-state index in [4.69, 9.17) is 28.2 Å². The Morgan fingerprint density at radius 2 is 2.14 bits per heavy atom. The van der Waals surface area contributed by atoms with Crippen LogP contribution in [0.1, 0.15) is 12.5 Å². The number of thioether (sulfide) groups is 1. The van der Waals surface area contributed by atoms with Gasteiger partial charge in [-0.1, -0.05) is 35.5 Å². The van der Waals surface area contributed by atoms with Crippen molar-refractivity contribution < 1.29 is 5.11 Å². The fourth-order valence-electron chi connectivity index (χ4n) is 1.69. The van der Waals surface area contributed by atoms with E-state index in [-0.39, 0.29) is 24.2 Å². The predicted octanol–water partition coefficient (Wildman–Crippen LogP) is 2.38. The van der Waals surface area contributed by atoms with Crippen LogP contribution in [0.2, 0.25) is 5.02 Å². The first-order chi connectivity index (χ1) is 10.5. The molecule has 1 atom stereocenters. The molecule has 118 valence electrons. The fraction of sp³-hybridized carbons (Fsp3) is 0.286. The predicted molar refractivity (Wildman–Crippen MR) is 92.0 cm³/mol. The van der Waals surface area contributed by atoms with Crippen molar-refractivity contribution in [3.63, 3.8) is 0 Å². The molecule has 0 saturated heterocycles. The number of aliphatic hydroxyl groups excluding tert-OH is 1. The largest absolute Gasteiger partial charge is 0.394 e. The molecular formula is C14H18ClN5OS. The summed E-state index contributed by atoms with van der Waals surface area (Å²) in [4.78, 5) is 8.52. The molecule has 0 aliphatic carbocycles. The highest BCUT2D eigenvalue weighted by molar-refractivity contribution is 7.98. The van der Waals surface area contributed by atoms with Crippen molar-refractivity contribution >= 4 is 40.7 Å². The van der Waals surface area contributed by atoms with Gasteiger partial charge in [-0.25, -0.2) is 9.97 Å². The van der Waals surface area contributed by atoms with Crippen LogP contribution >= 0.6 is 23.4 Å². The summed E-state index contributed by atoms with van der Waals surface area (Å²) in [6.45, 7) is 1.78. The number of halogens is 1. The summed E-state index contributed by atoms with van der Waals surface area (Å²) in [7, 11) is 0. The molecule has 0 radical (unpaired) electrons. The summed E-state index contributed by atoms with van der Waals surface area (Å²) in [6, 6.07) is 7.41. The molecule has 1 aromatic heterocycles. The van der Waals surface area contributed by atoms with Gasteiger partial charge in [0.05, 0.1) is 6.61 Å². The molecule has 0 amide bonds. The Labute approximate surface area is 138 Å². The van der Waals surface area contributed by atoms with Gasteiger partial charge in [-0.05, 0) is 24.6 Å². The van der Waals surface area contributed by atoms with Crippen molar-refractivity contribution in [2.75, 3.05) is 23.4 Å². The highest BCUT2D eigenvalue weighted by Gasteiger charge is 2.12. The first-order valence-corrected chi connectivity index (χ1v) is 8.03. The summed E-state index contributed by atoms with van der Waals surface area (Å²) in [5.74, 6) is 1.32. The van der Waals surface area contributed by atoms with Crippen LogP contribution in [0, 0.1) is 0 Å². The van der Waals surface area contributed by atoms with E-state index in [1.807, 2.05) is 31.2 Å². The smallest absolute Gasteiger partial charge is 0.191 e. The number of hydrogen-bond acceptors (Lipinski definition) is 7. The van der Waals surface area contributed by atoms with E-state index < -0.39 is 0 Å². The third kappa shape index (κ3) is 4.40. The lowest BCUT2D eigenvalue weighted by Crippen LogP contribution is -2.21. The van der Waals surface area contributed by atoms with Crippen molar-refractivity contribution in [2.24, 2.45) is 0 Å². The van der Waals surface area contributed by atoms with Crippen LogP contribution in [0.3, 0.4) is 0 Å². The monoisotopic (exact) mass is 339 g/mol. The van der Waals surface area contributed by atoms with Gasteiger partial charge < -0.3 is 21.9 Å². The van der Waals surface area contributed by atoms with Gasteiger partial charge in [-0.3, -0.25) is 0 Å². The number of nitrogens with two attached hydrogens (primary N) is 2. The van der Waals surface area contributed by atoms with Gasteiger partial charge in [0.1, 0.15) is 5.69 Å². The van der Waals surface area contributed by atoms with E-state index in [1.165, 1.54) is 11.8 Å². The minimum absolute atomic E-state index is 0.0334. The molecule has 0 bridgehead atoms. The number of nitrogen functional groups attached to an aromatic ring is 2. The molecule has 0 fully saturated rings. The molecule has 2 aromatic rings. The molecule has 6 nitrogen and oxygen atoms in total. The average molecular weight is 340 g/mol. The molecule has 2 rings (SSSR count). The summed E-state index contributed by atoms with van der Waals surface area (Å²) >= 11 is 7.40. The zero-order chi connectivity index (χ0) is 16.1. The number of rotatable bonds is 6. The lowest BCUT2D eigenvalue weighted by molar-refractivity contribution is 0.281. The highest BCUT2D eigenvalue weighted by Crippen LogP contribution is 2.28. The van der Waals surface area contributed by atoms with Crippen LogP contribution in [0.25, 0.3) is 0 Å². The molecule has 0 spiro atoms. The number of anilines is 3. The van der Waals surface area contributed by atoms with Crippen molar-refractivity contribution in [3.05, 3.63) is 34.9 Å². The Morgan fingerprint density at radius 3 is 2.82 bits per heavy atom. The first-order valence-electron chi connectivity index (χ1n) is 6.67. The van der Waals surface area contributed by atoms with E-state index in [0.29, 0.717) is 21.7 Å². The van der Waals surface area contributed by atoms with E-state index in [9.17, 15) is 0 Å². The molecule has 0 aliphatic heterocycles. The van der Waals surface area contributed by atoms with Crippen molar-refractivity contribution in [1.29, 1.82) is 0 Å². The maximum Gasteiger partial charge on any atom is 0.191 e. The Kier molecular flexibility index (Phi) is 5.70. The number of nitrogens with one attached hydrogen (secondary N) is 1. The standard InChI is InChI=1S/C14H18ClN5OS/c1-8(6-21)18-13-11(16)12(17)19-14(20-13)22-7-9-3-2-4-10(15)5-9/h2-5,8,21H,6-7,16H2,1H3,(H3,17,18,19,20)/t8-/m1/s1. The topological polar surface area (TPSA) is 110 Å². The molecule has 0 aliphatic rings. The van der Waals surface area contributed by atoms with Crippen LogP contribution in [0.5, 0.6) is 0 Å². The number of aliphatic hydroxyl groups is 1. The van der Waals surface area contributed by atoms with E-state index >= 15 is 0 Å². The first kappa shape index (κ1) is 16.7. The normalized spacial score (nSPS) is 12.1. The minimum Gasteiger partial charge on any atom is -0.394 e. The zero-order valence-electron chi connectivity index (χ0n) is 12.1. The van der Waals surface area contributed by atoms with Crippen LogP contribution in [0.4, 0.5) is 17.3 Å². The third-order valence-electron chi connectivity index (χ3n) is 2.87. The van der Waals surface area contributed by atoms with Crippen molar-refractivity contribution in [1.82, 2.24) is 9.97 Å². The van der Waals surface area contributed by atoms with E-state index in [1.54, 1.807) is 0 Å². The molecule has 6 N–H and O–H groups in total. The van der Waals surface area contributed by atoms with Crippen LogP contribution < -0.4 is 16.8 Å². The number of nitrogens with zero attached hydrogens (tertiary/aromatic N) is 2. The Bertz CT molecular complexity index is 655. The van der Waals surface area contributed by atoms with Gasteiger partial charge in [0.25, 0.3) is 0 Å². The third-order valence-corrected chi connectivity index (χ3v) is 4.02. The van der Waals surface area contributed by atoms with E-state index in [0.717, 1.165) is 5.56 Å². The summed E-state index contributed by atoms with van der Waals surface area (Å²) in [5.41, 5.74) is 13.0. The molecule has 1 heterocycles. The zero-order valence-corrected chi connectivity index (χ0v) is 13.7. The lowest BCUT2D eigenvalue weighted by atomic mass is 10.2. The van der Waals surface area contributed by atoms with Crippen molar-refractivity contribution in [3.8, 4) is 0 Å². The minimum atomic E-state index is -0.178. The second-order valence-electron chi connectivity index (χ2n) is 4.80. The second kappa shape index (κ2) is 7.53. The van der Waals surface area contributed by atoms with Crippen LogP contribution in [0.15, 0.2) is 29.4 Å². The van der Waals surface area contributed by atoms with Gasteiger partial charge in [0.15, 0.2) is 16.8 Å². The summed E-state index contributed by atoms with van der Waals surface area (Å²) < 4.78 is 0. The van der Waals surface area contributed by atoms with Crippen molar-refractivity contribution in [2.45, 2.75) is 23.9 Å².